The lowest BCUT2D eigenvalue weighted by molar-refractivity contribution is 0.252. The number of urea groups is 1. The number of anilines is 1. The highest BCUT2D eigenvalue weighted by molar-refractivity contribution is 9.10. The number of nitrogens with zero attached hydrogens (tertiary/aromatic N) is 2. The van der Waals surface area contributed by atoms with Gasteiger partial charge in [0.2, 0.25) is 0 Å². The molecular formula is C30H33BrN4O3S. The van der Waals surface area contributed by atoms with Gasteiger partial charge in [-0.15, -0.1) is 0 Å². The number of aromatic nitrogens is 2. The van der Waals surface area contributed by atoms with Gasteiger partial charge in [0.1, 0.15) is 11.5 Å². The van der Waals surface area contributed by atoms with Gasteiger partial charge in [0, 0.05) is 34.4 Å². The van der Waals surface area contributed by atoms with Gasteiger partial charge in [0.15, 0.2) is 5.16 Å². The van der Waals surface area contributed by atoms with E-state index in [-0.39, 0.29) is 6.03 Å². The van der Waals surface area contributed by atoms with Crippen LogP contribution in [0.4, 0.5) is 10.5 Å². The molecule has 7 nitrogen and oxygen atoms in total. The lowest BCUT2D eigenvalue weighted by atomic mass is 10.0. The van der Waals surface area contributed by atoms with Crippen molar-refractivity contribution in [3.05, 3.63) is 77.3 Å². The van der Waals surface area contributed by atoms with Crippen molar-refractivity contribution in [1.82, 2.24) is 14.9 Å². The molecule has 0 saturated heterocycles. The number of carbonyl (C=O) groups excluding carboxylic acids is 1. The maximum absolute atomic E-state index is 12.2. The van der Waals surface area contributed by atoms with Crippen LogP contribution in [-0.2, 0) is 6.54 Å². The number of thioether (sulfide) groups is 1. The molecule has 204 valence electrons. The van der Waals surface area contributed by atoms with Gasteiger partial charge in [-0.3, -0.25) is 0 Å². The summed E-state index contributed by atoms with van der Waals surface area (Å²) in [7, 11) is 3.34. The summed E-state index contributed by atoms with van der Waals surface area (Å²) in [6.45, 7) is 3.54. The van der Waals surface area contributed by atoms with E-state index in [0.717, 1.165) is 74.5 Å². The van der Waals surface area contributed by atoms with E-state index < -0.39 is 0 Å². The Balaban J connectivity index is 1.42. The van der Waals surface area contributed by atoms with E-state index in [4.69, 9.17) is 14.5 Å². The third kappa shape index (κ3) is 7.36. The average Bonchev–Trinajstić information content (AvgIpc) is 3.34. The van der Waals surface area contributed by atoms with E-state index in [1.54, 1.807) is 26.0 Å². The molecule has 0 spiro atoms. The van der Waals surface area contributed by atoms with Crippen LogP contribution in [0.25, 0.3) is 22.5 Å². The van der Waals surface area contributed by atoms with Gasteiger partial charge in [0.25, 0.3) is 0 Å². The van der Waals surface area contributed by atoms with Crippen molar-refractivity contribution in [2.24, 2.45) is 0 Å². The molecule has 0 radical (unpaired) electrons. The number of nitrogens with one attached hydrogen (secondary N) is 2. The van der Waals surface area contributed by atoms with Crippen molar-refractivity contribution in [2.45, 2.75) is 31.5 Å². The van der Waals surface area contributed by atoms with Crippen LogP contribution in [0, 0.1) is 0 Å². The lowest BCUT2D eigenvalue weighted by Gasteiger charge is -2.12. The van der Waals surface area contributed by atoms with E-state index in [1.165, 1.54) is 0 Å². The van der Waals surface area contributed by atoms with Crippen LogP contribution in [0.15, 0.2) is 82.4 Å². The monoisotopic (exact) mass is 608 g/mol. The first kappa shape index (κ1) is 28.6. The molecule has 0 aliphatic rings. The minimum absolute atomic E-state index is 0.204. The molecular weight excluding hydrogens is 576 g/mol. The number of carbonyl (C=O) groups is 1. The predicted molar refractivity (Wildman–Crippen MR) is 163 cm³/mol. The zero-order chi connectivity index (χ0) is 27.6. The zero-order valence-corrected chi connectivity index (χ0v) is 24.8. The predicted octanol–water partition coefficient (Wildman–Crippen LogP) is 7.71. The highest BCUT2D eigenvalue weighted by Crippen LogP contribution is 2.37. The number of benzene rings is 3. The second-order valence-electron chi connectivity index (χ2n) is 8.71. The summed E-state index contributed by atoms with van der Waals surface area (Å²) in [5, 5.41) is 6.78. The Kier molecular flexibility index (Phi) is 10.3. The summed E-state index contributed by atoms with van der Waals surface area (Å²) in [5.41, 5.74) is 4.90. The number of imidazole rings is 1. The second kappa shape index (κ2) is 14.1. The topological polar surface area (TPSA) is 77.4 Å². The van der Waals surface area contributed by atoms with Crippen molar-refractivity contribution in [3.8, 4) is 34.0 Å². The Morgan fingerprint density at radius 2 is 1.56 bits per heavy atom. The average molecular weight is 610 g/mol. The SMILES string of the molecule is CCn1c(SCCCCNC(=O)Nc2ccccc2Br)nc(-c2ccc(OC)cc2)c1-c1ccc(OC)cc1. The smallest absolute Gasteiger partial charge is 0.319 e. The maximum Gasteiger partial charge on any atom is 0.319 e. The molecule has 1 aromatic heterocycles. The summed E-state index contributed by atoms with van der Waals surface area (Å²) >= 11 is 5.19. The zero-order valence-electron chi connectivity index (χ0n) is 22.4. The summed E-state index contributed by atoms with van der Waals surface area (Å²) < 4.78 is 13.9. The molecule has 9 heteroatoms. The quantitative estimate of drug-likeness (QED) is 0.127. The molecule has 4 aromatic rings. The summed E-state index contributed by atoms with van der Waals surface area (Å²) in [6.07, 6.45) is 1.83. The fourth-order valence-corrected chi connectivity index (χ4v) is 5.60. The lowest BCUT2D eigenvalue weighted by Crippen LogP contribution is -2.29. The van der Waals surface area contributed by atoms with Crippen molar-refractivity contribution in [1.29, 1.82) is 0 Å². The van der Waals surface area contributed by atoms with Crippen LogP contribution in [-0.4, -0.2) is 42.1 Å². The first-order valence-electron chi connectivity index (χ1n) is 12.9. The third-order valence-corrected chi connectivity index (χ3v) is 7.94. The molecule has 4 rings (SSSR count). The first-order valence-corrected chi connectivity index (χ1v) is 14.6. The van der Waals surface area contributed by atoms with E-state index in [2.05, 4.69) is 50.2 Å². The van der Waals surface area contributed by atoms with E-state index in [9.17, 15) is 4.79 Å². The van der Waals surface area contributed by atoms with Crippen molar-refractivity contribution in [3.63, 3.8) is 0 Å². The molecule has 0 fully saturated rings. The molecule has 0 aliphatic heterocycles. The van der Waals surface area contributed by atoms with Crippen molar-refractivity contribution in [2.75, 3.05) is 31.8 Å². The number of rotatable bonds is 12. The molecule has 39 heavy (non-hydrogen) atoms. The second-order valence-corrected chi connectivity index (χ2v) is 10.6. The Morgan fingerprint density at radius 1 is 0.923 bits per heavy atom. The highest BCUT2D eigenvalue weighted by Gasteiger charge is 2.20. The molecule has 0 atom stereocenters. The molecule has 2 N–H and O–H groups in total. The van der Waals surface area contributed by atoms with Gasteiger partial charge in [0.05, 0.1) is 31.3 Å². The number of hydrogen-bond donors (Lipinski definition) is 2. The van der Waals surface area contributed by atoms with Crippen LogP contribution in [0.3, 0.4) is 0 Å². The fourth-order valence-electron chi connectivity index (χ4n) is 4.15. The number of unbranched alkanes of at least 4 members (excludes halogenated alkanes) is 1. The van der Waals surface area contributed by atoms with E-state index in [0.29, 0.717) is 6.54 Å². The van der Waals surface area contributed by atoms with Crippen molar-refractivity contribution < 1.29 is 14.3 Å². The molecule has 1 heterocycles. The van der Waals surface area contributed by atoms with Gasteiger partial charge in [-0.2, -0.15) is 0 Å². The number of methoxy groups -OCH3 is 2. The molecule has 0 aliphatic carbocycles. The van der Waals surface area contributed by atoms with Crippen LogP contribution < -0.4 is 20.1 Å². The Morgan fingerprint density at radius 3 is 2.18 bits per heavy atom. The summed E-state index contributed by atoms with van der Waals surface area (Å²) in [4.78, 5) is 17.3. The van der Waals surface area contributed by atoms with Gasteiger partial charge in [-0.1, -0.05) is 23.9 Å². The van der Waals surface area contributed by atoms with Crippen molar-refractivity contribution >= 4 is 39.4 Å². The minimum Gasteiger partial charge on any atom is -0.497 e. The third-order valence-electron chi connectivity index (χ3n) is 6.19. The largest absolute Gasteiger partial charge is 0.497 e. The van der Waals surface area contributed by atoms with Gasteiger partial charge in [-0.25, -0.2) is 9.78 Å². The summed E-state index contributed by atoms with van der Waals surface area (Å²) in [6, 6.07) is 23.5. The normalized spacial score (nSPS) is 10.8. The number of amides is 2. The van der Waals surface area contributed by atoms with Crippen LogP contribution in [0.2, 0.25) is 0 Å². The fraction of sp³-hybridized carbons (Fsp3) is 0.267. The van der Waals surface area contributed by atoms with E-state index in [1.807, 2.05) is 60.7 Å². The number of para-hydroxylation sites is 1. The molecule has 0 unspecified atom stereocenters. The Bertz CT molecular complexity index is 1370. The van der Waals surface area contributed by atoms with Gasteiger partial charge < -0.3 is 24.7 Å². The molecule has 3 aromatic carbocycles. The van der Waals surface area contributed by atoms with Crippen LogP contribution in [0.1, 0.15) is 19.8 Å². The standard InChI is InChI=1S/C30H33BrN4O3S/c1-4-35-28(22-13-17-24(38-3)18-14-22)27(21-11-15-23(37-2)16-12-21)34-30(35)39-20-8-7-19-32-29(36)33-26-10-6-5-9-25(26)31/h5-6,9-18H,4,7-8,19-20H2,1-3H3,(H2,32,33,36). The highest BCUT2D eigenvalue weighted by atomic mass is 79.9. The summed E-state index contributed by atoms with van der Waals surface area (Å²) in [5.74, 6) is 2.53. The number of ether oxygens (including phenoxy) is 2. The first-order chi connectivity index (χ1) is 19.0. The van der Waals surface area contributed by atoms with E-state index >= 15 is 0 Å². The maximum atomic E-state index is 12.2. The minimum atomic E-state index is -0.204. The molecule has 2 amide bonds. The number of hydrogen-bond acceptors (Lipinski definition) is 5. The number of halogens is 1. The molecule has 0 bridgehead atoms. The molecule has 0 saturated carbocycles. The Labute approximate surface area is 242 Å². The van der Waals surface area contributed by atoms with Gasteiger partial charge >= 0.3 is 6.03 Å². The Hall–Kier alpha value is -3.43. The van der Waals surface area contributed by atoms with Crippen LogP contribution >= 0.6 is 27.7 Å². The van der Waals surface area contributed by atoms with Crippen LogP contribution in [0.5, 0.6) is 11.5 Å². The van der Waals surface area contributed by atoms with Gasteiger partial charge in [-0.05, 0) is 96.4 Å².